The molecule has 1 fully saturated rings. The number of hydrogen-bond donors (Lipinski definition) is 1. The highest BCUT2D eigenvalue weighted by atomic mass is 16.6. The average Bonchev–Trinajstić information content (AvgIpc) is 2.99. The van der Waals surface area contributed by atoms with Gasteiger partial charge in [-0.05, 0) is 39.3 Å². The molecule has 1 aromatic heterocycles. The lowest BCUT2D eigenvalue weighted by Gasteiger charge is -2.23. The molecular weight excluding hydrogens is 336 g/mol. The Morgan fingerprint density at radius 2 is 2.12 bits per heavy atom. The minimum Gasteiger partial charge on any atom is -0.444 e. The number of carbonyl (C=O) groups excluding carboxylic acids is 1. The Balaban J connectivity index is 1.78. The van der Waals surface area contributed by atoms with Crippen LogP contribution < -0.4 is 10.2 Å². The van der Waals surface area contributed by atoms with Crippen LogP contribution in [0, 0.1) is 10.1 Å². The molecule has 8 nitrogen and oxygen atoms in total. The molecule has 1 amide bonds. The molecule has 0 saturated carbocycles. The minimum atomic E-state index is -0.538. The predicted octanol–water partition coefficient (Wildman–Crippen LogP) is 3.25. The zero-order valence-corrected chi connectivity index (χ0v) is 15.1. The number of alkyl carbamates (subject to hydrolysis) is 1. The molecule has 0 aliphatic carbocycles. The van der Waals surface area contributed by atoms with E-state index in [2.05, 4.69) is 15.2 Å². The number of fused-ring (bicyclic) bond motifs is 1. The van der Waals surface area contributed by atoms with Crippen molar-refractivity contribution < 1.29 is 14.5 Å². The van der Waals surface area contributed by atoms with Gasteiger partial charge in [-0.3, -0.25) is 15.1 Å². The smallest absolute Gasteiger partial charge is 0.407 e. The van der Waals surface area contributed by atoms with Crippen LogP contribution in [0.4, 0.5) is 16.2 Å². The van der Waals surface area contributed by atoms with E-state index in [1.165, 1.54) is 12.3 Å². The van der Waals surface area contributed by atoms with Crippen LogP contribution in [-0.2, 0) is 4.74 Å². The summed E-state index contributed by atoms with van der Waals surface area (Å²) < 4.78 is 5.30. The summed E-state index contributed by atoms with van der Waals surface area (Å²) >= 11 is 0. The number of anilines is 1. The molecule has 1 saturated heterocycles. The Morgan fingerprint density at radius 1 is 1.35 bits per heavy atom. The number of amides is 1. The first-order valence-corrected chi connectivity index (χ1v) is 8.50. The molecule has 1 aromatic carbocycles. The van der Waals surface area contributed by atoms with Crippen molar-refractivity contribution in [3.8, 4) is 0 Å². The molecule has 1 aliphatic rings. The minimum absolute atomic E-state index is 0.0306. The van der Waals surface area contributed by atoms with Gasteiger partial charge in [-0.2, -0.15) is 0 Å². The molecule has 2 heterocycles. The number of benzene rings is 1. The van der Waals surface area contributed by atoms with E-state index >= 15 is 0 Å². The van der Waals surface area contributed by atoms with Crippen LogP contribution >= 0.6 is 0 Å². The van der Waals surface area contributed by atoms with Gasteiger partial charge in [0.2, 0.25) is 0 Å². The molecule has 3 rings (SSSR count). The Bertz CT molecular complexity index is 847. The van der Waals surface area contributed by atoms with Gasteiger partial charge in [-0.1, -0.05) is 0 Å². The van der Waals surface area contributed by atoms with Crippen LogP contribution in [0.15, 0.2) is 30.6 Å². The van der Waals surface area contributed by atoms with Crippen molar-refractivity contribution in [3.63, 3.8) is 0 Å². The van der Waals surface area contributed by atoms with E-state index in [1.807, 2.05) is 20.8 Å². The van der Waals surface area contributed by atoms with E-state index < -0.39 is 16.6 Å². The number of nitrogens with zero attached hydrogens (tertiary/aromatic N) is 3. The Morgan fingerprint density at radius 3 is 2.81 bits per heavy atom. The maximum Gasteiger partial charge on any atom is 0.407 e. The zero-order chi connectivity index (χ0) is 18.9. The van der Waals surface area contributed by atoms with Crippen LogP contribution in [0.1, 0.15) is 27.2 Å². The highest BCUT2D eigenvalue weighted by molar-refractivity contribution is 5.99. The number of pyridine rings is 1. The Hall–Kier alpha value is -2.90. The van der Waals surface area contributed by atoms with Gasteiger partial charge in [0, 0.05) is 42.6 Å². The van der Waals surface area contributed by atoms with Crippen molar-refractivity contribution in [2.75, 3.05) is 18.0 Å². The van der Waals surface area contributed by atoms with Gasteiger partial charge in [-0.25, -0.2) is 4.79 Å². The molecular formula is C18H22N4O4. The molecule has 0 radical (unpaired) electrons. The molecule has 26 heavy (non-hydrogen) atoms. The first-order valence-electron chi connectivity index (χ1n) is 8.50. The van der Waals surface area contributed by atoms with Crippen molar-refractivity contribution in [2.45, 2.75) is 38.8 Å². The quantitative estimate of drug-likeness (QED) is 0.668. The third-order valence-corrected chi connectivity index (χ3v) is 4.22. The summed E-state index contributed by atoms with van der Waals surface area (Å²) in [4.78, 5) is 28.9. The molecule has 1 N–H and O–H groups in total. The number of non-ortho nitro benzene ring substituents is 1. The summed E-state index contributed by atoms with van der Waals surface area (Å²) in [5.74, 6) is 0. The molecule has 2 aromatic rings. The number of nitro groups is 1. The first-order chi connectivity index (χ1) is 12.2. The lowest BCUT2D eigenvalue weighted by molar-refractivity contribution is -0.383. The number of carbonyl (C=O) groups is 1. The van der Waals surface area contributed by atoms with E-state index in [4.69, 9.17) is 4.74 Å². The predicted molar refractivity (Wildman–Crippen MR) is 98.4 cm³/mol. The molecule has 0 bridgehead atoms. The summed E-state index contributed by atoms with van der Waals surface area (Å²) in [6, 6.07) is 5.02. The Labute approximate surface area is 151 Å². The van der Waals surface area contributed by atoms with Crippen LogP contribution in [-0.4, -0.2) is 40.7 Å². The molecule has 0 unspecified atom stereocenters. The number of ether oxygens (including phenoxy) is 1. The zero-order valence-electron chi connectivity index (χ0n) is 15.1. The number of aromatic nitrogens is 1. The third-order valence-electron chi connectivity index (χ3n) is 4.22. The van der Waals surface area contributed by atoms with E-state index in [-0.39, 0.29) is 11.7 Å². The number of nitro benzene ring substituents is 1. The second kappa shape index (κ2) is 6.78. The van der Waals surface area contributed by atoms with E-state index in [9.17, 15) is 14.9 Å². The number of hydrogen-bond acceptors (Lipinski definition) is 6. The number of rotatable bonds is 3. The monoisotopic (exact) mass is 358 g/mol. The molecule has 138 valence electrons. The van der Waals surface area contributed by atoms with Crippen LogP contribution in [0.5, 0.6) is 0 Å². The van der Waals surface area contributed by atoms with Gasteiger partial charge >= 0.3 is 6.09 Å². The van der Waals surface area contributed by atoms with Crippen molar-refractivity contribution in [1.29, 1.82) is 0 Å². The maximum absolute atomic E-state index is 12.0. The van der Waals surface area contributed by atoms with E-state index in [1.54, 1.807) is 18.3 Å². The third kappa shape index (κ3) is 3.84. The highest BCUT2D eigenvalue weighted by Crippen LogP contribution is 2.34. The Kier molecular flexibility index (Phi) is 4.67. The normalized spacial score (nSPS) is 17.3. The highest BCUT2D eigenvalue weighted by Gasteiger charge is 2.28. The van der Waals surface area contributed by atoms with Gasteiger partial charge < -0.3 is 15.0 Å². The van der Waals surface area contributed by atoms with E-state index in [0.717, 1.165) is 24.0 Å². The lowest BCUT2D eigenvalue weighted by atomic mass is 10.1. The van der Waals surface area contributed by atoms with Crippen molar-refractivity contribution in [2.24, 2.45) is 0 Å². The van der Waals surface area contributed by atoms with Gasteiger partial charge in [0.25, 0.3) is 5.69 Å². The van der Waals surface area contributed by atoms with Crippen molar-refractivity contribution in [1.82, 2.24) is 10.3 Å². The summed E-state index contributed by atoms with van der Waals surface area (Å²) in [5, 5.41) is 15.4. The molecule has 1 aliphatic heterocycles. The second-order valence-electron chi connectivity index (χ2n) is 7.36. The van der Waals surface area contributed by atoms with Gasteiger partial charge in [0.1, 0.15) is 5.60 Å². The summed E-state index contributed by atoms with van der Waals surface area (Å²) in [6.07, 6.45) is 3.50. The molecule has 0 spiro atoms. The van der Waals surface area contributed by atoms with Crippen LogP contribution in [0.3, 0.4) is 0 Å². The molecule has 1 atom stereocenters. The van der Waals surface area contributed by atoms with Crippen LogP contribution in [0.2, 0.25) is 0 Å². The standard InChI is InChI=1S/C18H22N4O4/c1-18(2,3)26-17(23)20-12-7-9-21(11-12)15-4-5-16(22(24)25)14-10-19-8-6-13(14)15/h4-6,8,10,12H,7,9,11H2,1-3H3,(H,20,23)/t12-/m0/s1. The summed E-state index contributed by atoms with van der Waals surface area (Å²) in [5.41, 5.74) is 0.408. The van der Waals surface area contributed by atoms with Gasteiger partial charge in [0.15, 0.2) is 0 Å². The molecule has 8 heteroatoms. The summed E-state index contributed by atoms with van der Waals surface area (Å²) in [7, 11) is 0. The SMILES string of the molecule is CC(C)(C)OC(=O)N[C@H]1CCN(c2ccc([N+](=O)[O-])c3cnccc23)C1. The topological polar surface area (TPSA) is 97.6 Å². The van der Waals surface area contributed by atoms with Crippen molar-refractivity contribution in [3.05, 3.63) is 40.7 Å². The maximum atomic E-state index is 12.0. The largest absolute Gasteiger partial charge is 0.444 e. The number of nitrogens with one attached hydrogen (secondary N) is 1. The first kappa shape index (κ1) is 17.9. The second-order valence-corrected chi connectivity index (χ2v) is 7.36. The average molecular weight is 358 g/mol. The van der Waals surface area contributed by atoms with E-state index in [0.29, 0.717) is 11.9 Å². The fraction of sp³-hybridized carbons (Fsp3) is 0.444. The lowest BCUT2D eigenvalue weighted by Crippen LogP contribution is -2.40. The van der Waals surface area contributed by atoms with Gasteiger partial charge in [-0.15, -0.1) is 0 Å². The fourth-order valence-corrected chi connectivity index (χ4v) is 3.17. The van der Waals surface area contributed by atoms with Crippen LogP contribution in [0.25, 0.3) is 10.8 Å². The van der Waals surface area contributed by atoms with Crippen molar-refractivity contribution >= 4 is 28.2 Å². The van der Waals surface area contributed by atoms with Gasteiger partial charge in [0.05, 0.1) is 16.4 Å². The summed E-state index contributed by atoms with van der Waals surface area (Å²) in [6.45, 7) is 6.84. The fourth-order valence-electron chi connectivity index (χ4n) is 3.17.